The Bertz CT molecular complexity index is 955. The molecule has 2 saturated carbocycles. The molecule has 5 heteroatoms. The Hall–Kier alpha value is -2.07. The zero-order valence-electron chi connectivity index (χ0n) is 14.9. The van der Waals surface area contributed by atoms with Crippen LogP contribution in [-0.2, 0) is 11.8 Å². The van der Waals surface area contributed by atoms with Gasteiger partial charge in [-0.05, 0) is 62.3 Å². The third kappa shape index (κ3) is 2.86. The maximum Gasteiger partial charge on any atom is 0.167 e. The molecule has 134 valence electrons. The van der Waals surface area contributed by atoms with Gasteiger partial charge in [0.2, 0.25) is 0 Å². The molecule has 0 atom stereocenters. The monoisotopic (exact) mass is 367 g/mol. The number of ether oxygens (including phenoxy) is 1. The predicted octanol–water partition coefficient (Wildman–Crippen LogP) is 4.75. The Labute approximate surface area is 158 Å². The second-order valence-corrected chi connectivity index (χ2v) is 8.27. The van der Waals surface area contributed by atoms with Crippen LogP contribution < -0.4 is 4.74 Å². The van der Waals surface area contributed by atoms with Crippen LogP contribution in [0.15, 0.2) is 36.5 Å². The standard InChI is InChI=1S/C21H22ClN3O/c1-14-18(8-11-25-19(12-15-2-3-15)23-24-20(14)25)26-13-21(9-10-21)16-4-6-17(22)7-5-16/h4-8,11,15H,2-3,9-10,12-13H2,1H3. The summed E-state index contributed by atoms with van der Waals surface area (Å²) < 4.78 is 8.36. The van der Waals surface area contributed by atoms with Gasteiger partial charge in [-0.3, -0.25) is 4.40 Å². The van der Waals surface area contributed by atoms with E-state index < -0.39 is 0 Å². The molecule has 2 aliphatic carbocycles. The lowest BCUT2D eigenvalue weighted by molar-refractivity contribution is 0.276. The Morgan fingerprint density at radius 2 is 1.92 bits per heavy atom. The van der Waals surface area contributed by atoms with Gasteiger partial charge in [0.15, 0.2) is 5.65 Å². The van der Waals surface area contributed by atoms with Gasteiger partial charge in [-0.25, -0.2) is 0 Å². The lowest BCUT2D eigenvalue weighted by atomic mass is 9.97. The van der Waals surface area contributed by atoms with Crippen LogP contribution in [0.2, 0.25) is 5.02 Å². The normalized spacial score (nSPS) is 18.2. The molecule has 0 aliphatic heterocycles. The largest absolute Gasteiger partial charge is 0.492 e. The van der Waals surface area contributed by atoms with Crippen LogP contribution in [-0.4, -0.2) is 21.2 Å². The van der Waals surface area contributed by atoms with E-state index in [4.69, 9.17) is 16.3 Å². The SMILES string of the molecule is Cc1c(OCC2(c3ccc(Cl)cc3)CC2)ccn2c(CC3CC3)nnc12. The summed E-state index contributed by atoms with van der Waals surface area (Å²) in [6.45, 7) is 2.76. The van der Waals surface area contributed by atoms with Gasteiger partial charge in [0, 0.05) is 28.6 Å². The van der Waals surface area contributed by atoms with Crippen molar-refractivity contribution in [3.8, 4) is 5.75 Å². The number of pyridine rings is 1. The van der Waals surface area contributed by atoms with Crippen LogP contribution in [0.25, 0.3) is 5.65 Å². The van der Waals surface area contributed by atoms with Crippen LogP contribution >= 0.6 is 11.6 Å². The Balaban J connectivity index is 1.36. The molecule has 3 aromatic rings. The number of rotatable bonds is 6. The smallest absolute Gasteiger partial charge is 0.167 e. The molecule has 2 aromatic heterocycles. The Kier molecular flexibility index (Phi) is 3.71. The van der Waals surface area contributed by atoms with Gasteiger partial charge in [-0.1, -0.05) is 23.7 Å². The topological polar surface area (TPSA) is 39.4 Å². The van der Waals surface area contributed by atoms with Gasteiger partial charge in [0.1, 0.15) is 11.6 Å². The van der Waals surface area contributed by atoms with Crippen LogP contribution in [0.3, 0.4) is 0 Å². The molecule has 26 heavy (non-hydrogen) atoms. The van der Waals surface area contributed by atoms with Gasteiger partial charge in [-0.15, -0.1) is 10.2 Å². The van der Waals surface area contributed by atoms with Crippen molar-refractivity contribution >= 4 is 17.2 Å². The summed E-state index contributed by atoms with van der Waals surface area (Å²) in [4.78, 5) is 0. The molecule has 0 bridgehead atoms. The second kappa shape index (κ2) is 5.98. The van der Waals surface area contributed by atoms with E-state index in [9.17, 15) is 0 Å². The van der Waals surface area contributed by atoms with Crippen molar-refractivity contribution in [1.29, 1.82) is 0 Å². The fraction of sp³-hybridized carbons (Fsp3) is 0.429. The minimum Gasteiger partial charge on any atom is -0.492 e. The molecule has 0 saturated heterocycles. The van der Waals surface area contributed by atoms with Gasteiger partial charge in [0.25, 0.3) is 0 Å². The first kappa shape index (κ1) is 16.1. The number of aromatic nitrogens is 3. The molecule has 0 spiro atoms. The van der Waals surface area contributed by atoms with E-state index in [0.29, 0.717) is 6.61 Å². The lowest BCUT2D eigenvalue weighted by Crippen LogP contribution is -2.18. The van der Waals surface area contributed by atoms with Crippen molar-refractivity contribution in [1.82, 2.24) is 14.6 Å². The first-order valence-corrected chi connectivity index (χ1v) is 9.74. The molecule has 0 amide bonds. The number of aryl methyl sites for hydroxylation is 1. The highest BCUT2D eigenvalue weighted by Crippen LogP contribution is 2.48. The number of fused-ring (bicyclic) bond motifs is 1. The second-order valence-electron chi connectivity index (χ2n) is 7.84. The minimum absolute atomic E-state index is 0.133. The van der Waals surface area contributed by atoms with Gasteiger partial charge >= 0.3 is 0 Å². The maximum atomic E-state index is 6.25. The number of benzene rings is 1. The van der Waals surface area contributed by atoms with Crippen molar-refractivity contribution in [3.05, 3.63) is 58.5 Å². The van der Waals surface area contributed by atoms with Crippen LogP contribution in [0.5, 0.6) is 5.75 Å². The van der Waals surface area contributed by atoms with E-state index in [1.807, 2.05) is 12.1 Å². The quantitative estimate of drug-likeness (QED) is 0.630. The van der Waals surface area contributed by atoms with Crippen LogP contribution in [0.1, 0.15) is 42.6 Å². The van der Waals surface area contributed by atoms with Crippen molar-refractivity contribution < 1.29 is 4.74 Å². The Morgan fingerprint density at radius 1 is 1.15 bits per heavy atom. The van der Waals surface area contributed by atoms with Crippen molar-refractivity contribution in [2.24, 2.45) is 5.92 Å². The summed E-state index contributed by atoms with van der Waals surface area (Å²) in [6, 6.07) is 10.2. The molecule has 2 heterocycles. The molecule has 0 unspecified atom stereocenters. The number of hydrogen-bond acceptors (Lipinski definition) is 3. The average Bonchev–Trinajstić information content (AvgIpc) is 3.55. The average molecular weight is 368 g/mol. The molecule has 4 nitrogen and oxygen atoms in total. The summed E-state index contributed by atoms with van der Waals surface area (Å²) in [7, 11) is 0. The van der Waals surface area contributed by atoms with E-state index in [1.165, 1.54) is 18.4 Å². The molecule has 1 aromatic carbocycles. The first-order valence-electron chi connectivity index (χ1n) is 9.37. The summed E-state index contributed by atoms with van der Waals surface area (Å²) in [5.74, 6) is 2.77. The minimum atomic E-state index is 0.133. The van der Waals surface area contributed by atoms with Gasteiger partial charge in [0.05, 0.1) is 6.61 Å². The Morgan fingerprint density at radius 3 is 2.62 bits per heavy atom. The first-order chi connectivity index (χ1) is 12.6. The summed E-state index contributed by atoms with van der Waals surface area (Å²) >= 11 is 6.02. The lowest BCUT2D eigenvalue weighted by Gasteiger charge is -2.18. The molecule has 0 radical (unpaired) electrons. The van der Waals surface area contributed by atoms with Crippen molar-refractivity contribution in [2.75, 3.05) is 6.61 Å². The molecule has 5 rings (SSSR count). The van der Waals surface area contributed by atoms with Gasteiger partial charge in [-0.2, -0.15) is 0 Å². The maximum absolute atomic E-state index is 6.25. The summed E-state index contributed by atoms with van der Waals surface area (Å²) in [5.41, 5.74) is 3.42. The number of hydrogen-bond donors (Lipinski definition) is 0. The third-order valence-electron chi connectivity index (χ3n) is 5.83. The zero-order valence-corrected chi connectivity index (χ0v) is 15.7. The highest BCUT2D eigenvalue weighted by Gasteiger charge is 2.45. The summed E-state index contributed by atoms with van der Waals surface area (Å²) in [5, 5.41) is 9.58. The molecular weight excluding hydrogens is 346 g/mol. The van der Waals surface area contributed by atoms with Crippen molar-refractivity contribution in [2.45, 2.75) is 44.4 Å². The van der Waals surface area contributed by atoms with Gasteiger partial charge < -0.3 is 4.74 Å². The van der Waals surface area contributed by atoms with Crippen LogP contribution in [0.4, 0.5) is 0 Å². The molecule has 2 aliphatic rings. The summed E-state index contributed by atoms with van der Waals surface area (Å²) in [6.07, 6.45) is 8.04. The highest BCUT2D eigenvalue weighted by atomic mass is 35.5. The van der Waals surface area contributed by atoms with E-state index in [0.717, 1.165) is 53.0 Å². The fourth-order valence-corrected chi connectivity index (χ4v) is 3.80. The van der Waals surface area contributed by atoms with E-state index in [1.54, 1.807) is 0 Å². The number of nitrogens with zero attached hydrogens (tertiary/aromatic N) is 3. The molecule has 2 fully saturated rings. The van der Waals surface area contributed by atoms with Crippen molar-refractivity contribution in [3.63, 3.8) is 0 Å². The number of halogens is 1. The molecular formula is C21H22ClN3O. The van der Waals surface area contributed by atoms with E-state index >= 15 is 0 Å². The molecule has 0 N–H and O–H groups in total. The highest BCUT2D eigenvalue weighted by molar-refractivity contribution is 6.30. The fourth-order valence-electron chi connectivity index (χ4n) is 3.68. The predicted molar refractivity (Wildman–Crippen MR) is 102 cm³/mol. The van der Waals surface area contributed by atoms with E-state index in [-0.39, 0.29) is 5.41 Å². The zero-order chi connectivity index (χ0) is 17.7. The third-order valence-corrected chi connectivity index (χ3v) is 6.08. The van der Waals surface area contributed by atoms with E-state index in [2.05, 4.69) is 45.9 Å². The van der Waals surface area contributed by atoms with Crippen LogP contribution in [0, 0.1) is 12.8 Å².